The number of nitrogens with zero attached hydrogens (tertiary/aromatic N) is 1. The van der Waals surface area contributed by atoms with Crippen molar-refractivity contribution < 1.29 is 22.7 Å². The Labute approximate surface area is 145 Å². The van der Waals surface area contributed by atoms with E-state index in [1.165, 1.54) is 12.1 Å². The van der Waals surface area contributed by atoms with Gasteiger partial charge < -0.3 is 15.4 Å². The van der Waals surface area contributed by atoms with E-state index in [4.69, 9.17) is 10.5 Å². The third kappa shape index (κ3) is 4.45. The topological polar surface area (TPSA) is 55.6 Å². The van der Waals surface area contributed by atoms with Gasteiger partial charge in [-0.2, -0.15) is 13.2 Å². The molecule has 2 fully saturated rings. The molecule has 25 heavy (non-hydrogen) atoms. The summed E-state index contributed by atoms with van der Waals surface area (Å²) in [5, 5.41) is 0. The fourth-order valence-electron chi connectivity index (χ4n) is 3.63. The van der Waals surface area contributed by atoms with Gasteiger partial charge in [0, 0.05) is 37.9 Å². The van der Waals surface area contributed by atoms with Crippen molar-refractivity contribution >= 4 is 5.91 Å². The number of halogens is 3. The molecule has 1 amide bonds. The Bertz CT molecular complexity index is 613. The highest BCUT2D eigenvalue weighted by molar-refractivity contribution is 5.79. The maximum Gasteiger partial charge on any atom is 0.416 e. The van der Waals surface area contributed by atoms with Gasteiger partial charge in [-0.1, -0.05) is 6.07 Å². The second kappa shape index (κ2) is 7.23. The van der Waals surface area contributed by atoms with Crippen molar-refractivity contribution in [3.05, 3.63) is 29.8 Å². The number of ether oxygens (including phenoxy) is 1. The Morgan fingerprint density at radius 3 is 2.48 bits per heavy atom. The van der Waals surface area contributed by atoms with Crippen molar-refractivity contribution in [3.8, 4) is 5.75 Å². The first-order chi connectivity index (χ1) is 11.8. The van der Waals surface area contributed by atoms with Crippen LogP contribution in [0.4, 0.5) is 13.2 Å². The van der Waals surface area contributed by atoms with Crippen molar-refractivity contribution in [3.63, 3.8) is 0 Å². The molecule has 0 radical (unpaired) electrons. The molecular weight excluding hydrogens is 333 g/mol. The molecule has 1 aromatic rings. The van der Waals surface area contributed by atoms with Crippen LogP contribution in [0.2, 0.25) is 0 Å². The molecule has 0 bridgehead atoms. The Balaban J connectivity index is 1.52. The molecule has 3 rings (SSSR count). The molecule has 4 nitrogen and oxygen atoms in total. The van der Waals surface area contributed by atoms with E-state index in [0.29, 0.717) is 25.9 Å². The summed E-state index contributed by atoms with van der Waals surface area (Å²) >= 11 is 0. The van der Waals surface area contributed by atoms with E-state index in [-0.39, 0.29) is 29.7 Å². The van der Waals surface area contributed by atoms with Crippen LogP contribution in [0.15, 0.2) is 24.3 Å². The number of carbonyl (C=O) groups excluding carboxylic acids is 1. The summed E-state index contributed by atoms with van der Waals surface area (Å²) < 4.78 is 44.0. The van der Waals surface area contributed by atoms with Gasteiger partial charge in [0.15, 0.2) is 0 Å². The highest BCUT2D eigenvalue weighted by atomic mass is 19.4. The molecule has 2 N–H and O–H groups in total. The number of piperidine rings is 1. The van der Waals surface area contributed by atoms with E-state index in [1.54, 1.807) is 0 Å². The number of benzene rings is 1. The number of likely N-dealkylation sites (tertiary alicyclic amines) is 1. The molecule has 1 aromatic carbocycles. The molecule has 1 heterocycles. The van der Waals surface area contributed by atoms with Gasteiger partial charge in [0.1, 0.15) is 11.9 Å². The Morgan fingerprint density at radius 2 is 1.88 bits per heavy atom. The van der Waals surface area contributed by atoms with Gasteiger partial charge in [-0.3, -0.25) is 4.79 Å². The van der Waals surface area contributed by atoms with Crippen molar-refractivity contribution in [2.75, 3.05) is 13.1 Å². The van der Waals surface area contributed by atoms with Crippen LogP contribution in [-0.2, 0) is 11.0 Å². The normalized spacial score (nSPS) is 25.2. The van der Waals surface area contributed by atoms with Crippen molar-refractivity contribution in [2.24, 2.45) is 11.7 Å². The first-order valence-electron chi connectivity index (χ1n) is 8.71. The fourth-order valence-corrected chi connectivity index (χ4v) is 3.63. The van der Waals surface area contributed by atoms with E-state index < -0.39 is 11.7 Å². The minimum atomic E-state index is -4.38. The lowest BCUT2D eigenvalue weighted by molar-refractivity contribution is -0.138. The molecule has 0 spiro atoms. The number of carbonyl (C=O) groups is 1. The van der Waals surface area contributed by atoms with Crippen LogP contribution in [0.1, 0.15) is 37.7 Å². The Hall–Kier alpha value is -1.76. The number of rotatable bonds is 3. The second-order valence-corrected chi connectivity index (χ2v) is 6.94. The minimum Gasteiger partial charge on any atom is -0.490 e. The summed E-state index contributed by atoms with van der Waals surface area (Å²) in [6.45, 7) is 1.16. The van der Waals surface area contributed by atoms with Crippen molar-refractivity contribution in [1.82, 2.24) is 4.90 Å². The molecule has 1 saturated carbocycles. The Kier molecular flexibility index (Phi) is 5.22. The van der Waals surface area contributed by atoms with Crippen LogP contribution >= 0.6 is 0 Å². The van der Waals surface area contributed by atoms with E-state index in [1.807, 2.05) is 4.90 Å². The minimum absolute atomic E-state index is 0.0240. The van der Waals surface area contributed by atoms with Crippen LogP contribution < -0.4 is 10.5 Å². The number of hydrogen-bond donors (Lipinski definition) is 1. The highest BCUT2D eigenvalue weighted by Gasteiger charge is 2.34. The van der Waals surface area contributed by atoms with E-state index in [0.717, 1.165) is 31.4 Å². The summed E-state index contributed by atoms with van der Waals surface area (Å²) in [4.78, 5) is 14.3. The standard InChI is InChI=1S/C18H23F3N2O2/c19-18(20,21)13-2-1-3-16(11-13)25-15-6-8-23(9-7-15)17(24)12-4-5-14(22)10-12/h1-3,11-12,14-15H,4-10,22H2/t12-,14+/m1/s1. The van der Waals surface area contributed by atoms with Gasteiger partial charge in [0.05, 0.1) is 5.56 Å². The average Bonchev–Trinajstić information content (AvgIpc) is 3.01. The predicted molar refractivity (Wildman–Crippen MR) is 87.0 cm³/mol. The maximum atomic E-state index is 12.8. The third-order valence-electron chi connectivity index (χ3n) is 5.04. The number of amides is 1. The van der Waals surface area contributed by atoms with Gasteiger partial charge in [-0.25, -0.2) is 0 Å². The van der Waals surface area contributed by atoms with Crippen LogP contribution in [0.25, 0.3) is 0 Å². The molecule has 1 aliphatic heterocycles. The van der Waals surface area contributed by atoms with Crippen molar-refractivity contribution in [1.29, 1.82) is 0 Å². The zero-order valence-electron chi connectivity index (χ0n) is 14.0. The first kappa shape index (κ1) is 18.0. The van der Waals surface area contributed by atoms with Gasteiger partial charge in [0.2, 0.25) is 5.91 Å². The molecular formula is C18H23F3N2O2. The van der Waals surface area contributed by atoms with Crippen LogP contribution in [0.5, 0.6) is 5.75 Å². The SMILES string of the molecule is N[C@H]1CC[C@@H](C(=O)N2CCC(Oc3cccc(C(F)(F)F)c3)CC2)C1. The van der Waals surface area contributed by atoms with Crippen LogP contribution in [0.3, 0.4) is 0 Å². The van der Waals surface area contributed by atoms with Gasteiger partial charge in [0.25, 0.3) is 0 Å². The zero-order valence-corrected chi connectivity index (χ0v) is 14.0. The molecule has 2 atom stereocenters. The Morgan fingerprint density at radius 1 is 1.16 bits per heavy atom. The van der Waals surface area contributed by atoms with E-state index in [2.05, 4.69) is 0 Å². The third-order valence-corrected chi connectivity index (χ3v) is 5.04. The summed E-state index contributed by atoms with van der Waals surface area (Å²) in [6.07, 6.45) is -0.803. The largest absolute Gasteiger partial charge is 0.490 e. The number of hydrogen-bond acceptors (Lipinski definition) is 3. The lowest BCUT2D eigenvalue weighted by atomic mass is 10.0. The molecule has 7 heteroatoms. The highest BCUT2D eigenvalue weighted by Crippen LogP contribution is 2.32. The van der Waals surface area contributed by atoms with Gasteiger partial charge >= 0.3 is 6.18 Å². The predicted octanol–water partition coefficient (Wildman–Crippen LogP) is 3.20. The van der Waals surface area contributed by atoms with Crippen molar-refractivity contribution in [2.45, 2.75) is 50.4 Å². The zero-order chi connectivity index (χ0) is 18.0. The molecule has 2 aliphatic rings. The summed E-state index contributed by atoms with van der Waals surface area (Å²) in [5.41, 5.74) is 5.16. The molecule has 1 aliphatic carbocycles. The van der Waals surface area contributed by atoms with Crippen LogP contribution in [0, 0.1) is 5.92 Å². The number of nitrogens with two attached hydrogens (primary N) is 1. The van der Waals surface area contributed by atoms with E-state index in [9.17, 15) is 18.0 Å². The monoisotopic (exact) mass is 356 g/mol. The molecule has 0 unspecified atom stereocenters. The molecule has 0 aromatic heterocycles. The maximum absolute atomic E-state index is 12.8. The fraction of sp³-hybridized carbons (Fsp3) is 0.611. The smallest absolute Gasteiger partial charge is 0.416 e. The average molecular weight is 356 g/mol. The van der Waals surface area contributed by atoms with Gasteiger partial charge in [-0.05, 0) is 37.5 Å². The van der Waals surface area contributed by atoms with E-state index >= 15 is 0 Å². The van der Waals surface area contributed by atoms with Crippen LogP contribution in [-0.4, -0.2) is 36.0 Å². The second-order valence-electron chi connectivity index (χ2n) is 6.94. The summed E-state index contributed by atoms with van der Waals surface area (Å²) in [7, 11) is 0. The molecule has 1 saturated heterocycles. The summed E-state index contributed by atoms with van der Waals surface area (Å²) in [5.74, 6) is 0.405. The number of alkyl halides is 3. The first-order valence-corrected chi connectivity index (χ1v) is 8.71. The molecule has 138 valence electrons. The van der Waals surface area contributed by atoms with Gasteiger partial charge in [-0.15, -0.1) is 0 Å². The lowest BCUT2D eigenvalue weighted by Crippen LogP contribution is -2.44. The summed E-state index contributed by atoms with van der Waals surface area (Å²) in [6, 6.07) is 5.06. The quantitative estimate of drug-likeness (QED) is 0.905. The lowest BCUT2D eigenvalue weighted by Gasteiger charge is -2.33.